The molecule has 31 heavy (non-hydrogen) atoms. The van der Waals surface area contributed by atoms with Crippen LogP contribution in [-0.2, 0) is 9.53 Å². The fraction of sp³-hybridized carbons (Fsp3) is 0.897. The molecule has 0 aromatic carbocycles. The third-order valence-electron chi connectivity index (χ3n) is 11.1. The lowest BCUT2D eigenvalue weighted by molar-refractivity contribution is -0.136. The SMILES string of the molecule is CCC(C)CCCC(C)C1CCC2C3CC=C4CC(OC=O)CCC4(C)C3CCC12C. The minimum Gasteiger partial charge on any atom is -0.464 e. The molecule has 0 amide bonds. The van der Waals surface area contributed by atoms with Crippen LogP contribution in [0, 0.1) is 46.3 Å². The Hall–Kier alpha value is -0.790. The zero-order chi connectivity index (χ0) is 22.2. The number of hydrogen-bond donors (Lipinski definition) is 0. The van der Waals surface area contributed by atoms with Gasteiger partial charge in [0, 0.05) is 6.42 Å². The monoisotopic (exact) mass is 428 g/mol. The van der Waals surface area contributed by atoms with Crippen LogP contribution in [0.25, 0.3) is 0 Å². The highest BCUT2D eigenvalue weighted by Crippen LogP contribution is 2.67. The third kappa shape index (κ3) is 4.15. The van der Waals surface area contributed by atoms with E-state index >= 15 is 0 Å². The van der Waals surface area contributed by atoms with Crippen molar-refractivity contribution in [1.29, 1.82) is 0 Å². The number of fused-ring (bicyclic) bond motifs is 5. The summed E-state index contributed by atoms with van der Waals surface area (Å²) >= 11 is 0. The van der Waals surface area contributed by atoms with Crippen molar-refractivity contribution in [1.82, 2.24) is 0 Å². The van der Waals surface area contributed by atoms with Crippen molar-refractivity contribution >= 4 is 6.47 Å². The second kappa shape index (κ2) is 9.22. The van der Waals surface area contributed by atoms with E-state index in [-0.39, 0.29) is 6.10 Å². The summed E-state index contributed by atoms with van der Waals surface area (Å²) in [6.07, 6.45) is 18.6. The smallest absolute Gasteiger partial charge is 0.293 e. The molecule has 3 fully saturated rings. The summed E-state index contributed by atoms with van der Waals surface area (Å²) < 4.78 is 5.37. The molecule has 0 N–H and O–H groups in total. The molecule has 4 aliphatic rings. The molecule has 0 aromatic rings. The maximum atomic E-state index is 10.9. The van der Waals surface area contributed by atoms with E-state index in [0.717, 1.165) is 48.3 Å². The maximum Gasteiger partial charge on any atom is 0.293 e. The van der Waals surface area contributed by atoms with E-state index in [1.54, 1.807) is 5.57 Å². The van der Waals surface area contributed by atoms with Crippen molar-refractivity contribution in [2.24, 2.45) is 46.3 Å². The molecule has 2 nitrogen and oxygen atoms in total. The summed E-state index contributed by atoms with van der Waals surface area (Å²) in [7, 11) is 0. The summed E-state index contributed by atoms with van der Waals surface area (Å²) in [5.74, 6) is 5.37. The summed E-state index contributed by atoms with van der Waals surface area (Å²) in [6, 6.07) is 0. The summed E-state index contributed by atoms with van der Waals surface area (Å²) in [5.41, 5.74) is 2.53. The fourth-order valence-electron chi connectivity index (χ4n) is 8.99. The highest BCUT2D eigenvalue weighted by atomic mass is 16.5. The first-order valence-electron chi connectivity index (χ1n) is 13.6. The second-order valence-corrected chi connectivity index (χ2v) is 12.5. The normalized spacial score (nSPS) is 43.8. The van der Waals surface area contributed by atoms with Crippen LogP contribution < -0.4 is 0 Å². The van der Waals surface area contributed by atoms with Crippen LogP contribution in [-0.4, -0.2) is 12.6 Å². The van der Waals surface area contributed by atoms with Crippen molar-refractivity contribution in [3.05, 3.63) is 11.6 Å². The molecule has 0 bridgehead atoms. The zero-order valence-corrected chi connectivity index (χ0v) is 21.0. The van der Waals surface area contributed by atoms with E-state index in [1.807, 2.05) is 0 Å². The number of hydrogen-bond acceptors (Lipinski definition) is 2. The number of rotatable bonds is 8. The molecule has 0 saturated heterocycles. The standard InChI is InChI=1S/C29H48O2/c1-6-20(2)8-7-9-21(3)25-12-13-26-24-11-10-22-18-23(31-19-30)14-16-28(22,4)27(24)15-17-29(25,26)5/h10,19-21,23-27H,6-9,11-18H2,1-5H3. The average Bonchev–Trinajstić information content (AvgIpc) is 3.11. The minimum atomic E-state index is 0.120. The van der Waals surface area contributed by atoms with E-state index in [1.165, 1.54) is 64.2 Å². The summed E-state index contributed by atoms with van der Waals surface area (Å²) in [4.78, 5) is 10.9. The molecule has 0 aromatic heterocycles. The first kappa shape index (κ1) is 23.4. The molecule has 9 atom stereocenters. The molecule has 9 unspecified atom stereocenters. The second-order valence-electron chi connectivity index (χ2n) is 12.5. The van der Waals surface area contributed by atoms with Crippen molar-refractivity contribution in [3.63, 3.8) is 0 Å². The van der Waals surface area contributed by atoms with E-state index in [4.69, 9.17) is 4.74 Å². The first-order chi connectivity index (χ1) is 14.8. The molecule has 2 heteroatoms. The van der Waals surface area contributed by atoms with Gasteiger partial charge in [-0.25, -0.2) is 0 Å². The highest BCUT2D eigenvalue weighted by molar-refractivity contribution is 5.38. The van der Waals surface area contributed by atoms with Gasteiger partial charge in [-0.3, -0.25) is 4.79 Å². The number of allylic oxidation sites excluding steroid dienone is 1. The Kier molecular flexibility index (Phi) is 6.95. The van der Waals surface area contributed by atoms with Gasteiger partial charge in [-0.2, -0.15) is 0 Å². The van der Waals surface area contributed by atoms with Crippen molar-refractivity contribution < 1.29 is 9.53 Å². The maximum absolute atomic E-state index is 10.9. The predicted octanol–water partition coefficient (Wildman–Crippen LogP) is 7.96. The van der Waals surface area contributed by atoms with Crippen molar-refractivity contribution in [2.75, 3.05) is 0 Å². The molecule has 0 heterocycles. The van der Waals surface area contributed by atoms with Gasteiger partial charge >= 0.3 is 0 Å². The van der Waals surface area contributed by atoms with E-state index in [0.29, 0.717) is 17.3 Å². The van der Waals surface area contributed by atoms with Gasteiger partial charge in [0.15, 0.2) is 0 Å². The largest absolute Gasteiger partial charge is 0.464 e. The Balaban J connectivity index is 1.45. The van der Waals surface area contributed by atoms with Crippen LogP contribution in [0.1, 0.15) is 112 Å². The van der Waals surface area contributed by atoms with Gasteiger partial charge in [-0.15, -0.1) is 0 Å². The Morgan fingerprint density at radius 3 is 2.65 bits per heavy atom. The van der Waals surface area contributed by atoms with Crippen molar-refractivity contribution in [3.8, 4) is 0 Å². The molecule has 4 rings (SSSR count). The lowest BCUT2D eigenvalue weighted by Crippen LogP contribution is -2.51. The zero-order valence-electron chi connectivity index (χ0n) is 21.0. The van der Waals surface area contributed by atoms with E-state index < -0.39 is 0 Å². The predicted molar refractivity (Wildman–Crippen MR) is 129 cm³/mol. The van der Waals surface area contributed by atoms with Gasteiger partial charge in [0.2, 0.25) is 0 Å². The summed E-state index contributed by atoms with van der Waals surface area (Å²) in [5, 5.41) is 0. The van der Waals surface area contributed by atoms with Crippen LogP contribution in [0.4, 0.5) is 0 Å². The molecule has 0 spiro atoms. The minimum absolute atomic E-state index is 0.120. The van der Waals surface area contributed by atoms with Crippen LogP contribution in [0.3, 0.4) is 0 Å². The average molecular weight is 429 g/mol. The van der Waals surface area contributed by atoms with Crippen molar-refractivity contribution in [2.45, 2.75) is 118 Å². The van der Waals surface area contributed by atoms with Crippen LogP contribution in [0.5, 0.6) is 0 Å². The van der Waals surface area contributed by atoms with Gasteiger partial charge in [-0.1, -0.05) is 72.0 Å². The molecule has 3 saturated carbocycles. The Morgan fingerprint density at radius 2 is 1.90 bits per heavy atom. The van der Waals surface area contributed by atoms with Gasteiger partial charge in [0.25, 0.3) is 6.47 Å². The lowest BCUT2D eigenvalue weighted by atomic mass is 9.47. The Morgan fingerprint density at radius 1 is 1.10 bits per heavy atom. The topological polar surface area (TPSA) is 26.3 Å². The molecule has 0 aliphatic heterocycles. The Bertz CT molecular complexity index is 668. The number of carbonyl (C=O) groups is 1. The van der Waals surface area contributed by atoms with Gasteiger partial charge in [0.05, 0.1) is 0 Å². The molecule has 4 aliphatic carbocycles. The highest BCUT2D eigenvalue weighted by Gasteiger charge is 2.59. The third-order valence-corrected chi connectivity index (χ3v) is 11.1. The molecular formula is C29H48O2. The molecule has 0 radical (unpaired) electrons. The van der Waals surface area contributed by atoms with E-state index in [9.17, 15) is 4.79 Å². The Labute approximate surface area is 192 Å². The molecule has 176 valence electrons. The number of ether oxygens (including phenoxy) is 1. The fourth-order valence-corrected chi connectivity index (χ4v) is 8.99. The van der Waals surface area contributed by atoms with Crippen LogP contribution >= 0.6 is 0 Å². The van der Waals surface area contributed by atoms with Gasteiger partial charge in [0.1, 0.15) is 6.10 Å². The van der Waals surface area contributed by atoms with E-state index in [2.05, 4.69) is 40.7 Å². The first-order valence-corrected chi connectivity index (χ1v) is 13.6. The van der Waals surface area contributed by atoms with Gasteiger partial charge in [-0.05, 0) is 91.3 Å². The summed E-state index contributed by atoms with van der Waals surface area (Å²) in [6.45, 7) is 13.2. The van der Waals surface area contributed by atoms with Crippen LogP contribution in [0.2, 0.25) is 0 Å². The lowest BCUT2D eigenvalue weighted by Gasteiger charge is -2.58. The van der Waals surface area contributed by atoms with Crippen LogP contribution in [0.15, 0.2) is 11.6 Å². The quantitative estimate of drug-likeness (QED) is 0.289. The van der Waals surface area contributed by atoms with Gasteiger partial charge < -0.3 is 4.74 Å². The molecular weight excluding hydrogens is 380 g/mol. The number of carbonyl (C=O) groups excluding carboxylic acids is 1.